The fourth-order valence-corrected chi connectivity index (χ4v) is 3.67. The van der Waals surface area contributed by atoms with E-state index in [-0.39, 0.29) is 5.56 Å². The van der Waals surface area contributed by atoms with Gasteiger partial charge in [-0.3, -0.25) is 9.69 Å². The highest BCUT2D eigenvalue weighted by atomic mass is 16.1. The van der Waals surface area contributed by atoms with Crippen LogP contribution in [0.4, 0.5) is 5.95 Å². The second-order valence-electron chi connectivity index (χ2n) is 7.08. The molecule has 0 spiro atoms. The lowest BCUT2D eigenvalue weighted by Crippen LogP contribution is -2.46. The minimum atomic E-state index is -0.0164. The molecule has 6 nitrogen and oxygen atoms in total. The summed E-state index contributed by atoms with van der Waals surface area (Å²) in [6.07, 6.45) is 3.58. The van der Waals surface area contributed by atoms with Crippen molar-refractivity contribution in [1.82, 2.24) is 19.4 Å². The highest BCUT2D eigenvalue weighted by Crippen LogP contribution is 2.18. The third-order valence-electron chi connectivity index (χ3n) is 5.24. The van der Waals surface area contributed by atoms with Crippen LogP contribution >= 0.6 is 0 Å². The van der Waals surface area contributed by atoms with Crippen LogP contribution in [0, 0.1) is 6.92 Å². The molecule has 0 saturated carbocycles. The number of fused-ring (bicyclic) bond motifs is 1. The van der Waals surface area contributed by atoms with E-state index in [1.165, 1.54) is 5.56 Å². The maximum atomic E-state index is 12.5. The molecule has 1 aliphatic heterocycles. The van der Waals surface area contributed by atoms with E-state index in [1.54, 1.807) is 10.8 Å². The second-order valence-corrected chi connectivity index (χ2v) is 7.08. The molecule has 0 unspecified atom stereocenters. The Hall–Kier alpha value is -2.73. The predicted molar refractivity (Wildman–Crippen MR) is 108 cm³/mol. The van der Waals surface area contributed by atoms with Crippen molar-refractivity contribution in [3.63, 3.8) is 0 Å². The van der Waals surface area contributed by atoms with Crippen molar-refractivity contribution < 1.29 is 0 Å². The number of rotatable bonds is 4. The standard InChI is InChI=1S/C21H25N5O/c1-3-25-14-16(2)19-18(20(25)27)13-22-21(23-19)26-11-9-24(10-12-26)15-17-7-5-4-6-8-17/h4-8,13-14H,3,9-12,15H2,1-2H3. The van der Waals surface area contributed by atoms with Crippen LogP contribution in [0.15, 0.2) is 47.5 Å². The number of pyridine rings is 1. The summed E-state index contributed by atoms with van der Waals surface area (Å²) in [5, 5.41) is 0.600. The predicted octanol–water partition coefficient (Wildman–Crippen LogP) is 2.44. The van der Waals surface area contributed by atoms with Gasteiger partial charge in [0.1, 0.15) is 0 Å². The first-order chi connectivity index (χ1) is 13.2. The maximum absolute atomic E-state index is 12.5. The van der Waals surface area contributed by atoms with E-state index in [4.69, 9.17) is 4.98 Å². The van der Waals surface area contributed by atoms with Crippen molar-refractivity contribution in [2.24, 2.45) is 0 Å². The zero-order valence-electron chi connectivity index (χ0n) is 15.9. The van der Waals surface area contributed by atoms with Gasteiger partial charge in [0, 0.05) is 51.7 Å². The molecule has 2 aromatic heterocycles. The summed E-state index contributed by atoms with van der Waals surface area (Å²) in [5.41, 5.74) is 3.10. The molecule has 1 aromatic carbocycles. The van der Waals surface area contributed by atoms with Crippen LogP contribution in [0.25, 0.3) is 10.9 Å². The van der Waals surface area contributed by atoms with Gasteiger partial charge in [0.2, 0.25) is 5.95 Å². The third kappa shape index (κ3) is 3.57. The molecular weight excluding hydrogens is 338 g/mol. The average molecular weight is 363 g/mol. The lowest BCUT2D eigenvalue weighted by Gasteiger charge is -2.34. The summed E-state index contributed by atoms with van der Waals surface area (Å²) < 4.78 is 1.71. The largest absolute Gasteiger partial charge is 0.338 e. The van der Waals surface area contributed by atoms with Gasteiger partial charge in [-0.05, 0) is 25.0 Å². The maximum Gasteiger partial charge on any atom is 0.261 e. The van der Waals surface area contributed by atoms with Crippen molar-refractivity contribution in [2.45, 2.75) is 26.9 Å². The number of hydrogen-bond donors (Lipinski definition) is 0. The molecule has 3 heterocycles. The minimum absolute atomic E-state index is 0.0164. The van der Waals surface area contributed by atoms with Crippen LogP contribution in [0.1, 0.15) is 18.1 Å². The monoisotopic (exact) mass is 363 g/mol. The number of nitrogens with zero attached hydrogens (tertiary/aromatic N) is 5. The molecule has 6 heteroatoms. The van der Waals surface area contributed by atoms with E-state index in [9.17, 15) is 4.79 Å². The first-order valence-corrected chi connectivity index (χ1v) is 9.53. The van der Waals surface area contributed by atoms with Crippen molar-refractivity contribution in [2.75, 3.05) is 31.1 Å². The van der Waals surface area contributed by atoms with E-state index in [0.29, 0.717) is 11.9 Å². The summed E-state index contributed by atoms with van der Waals surface area (Å²) in [6, 6.07) is 10.6. The molecule has 140 valence electrons. The molecule has 0 N–H and O–H groups in total. The van der Waals surface area contributed by atoms with Crippen LogP contribution in [0.5, 0.6) is 0 Å². The number of piperazine rings is 1. The molecule has 0 aliphatic carbocycles. The van der Waals surface area contributed by atoms with Crippen LogP contribution in [0.3, 0.4) is 0 Å². The van der Waals surface area contributed by atoms with Gasteiger partial charge >= 0.3 is 0 Å². The van der Waals surface area contributed by atoms with Gasteiger partial charge in [0.25, 0.3) is 5.56 Å². The van der Waals surface area contributed by atoms with Gasteiger partial charge in [0.15, 0.2) is 0 Å². The SMILES string of the molecule is CCn1cc(C)c2nc(N3CCN(Cc4ccccc4)CC3)ncc2c1=O. The molecule has 1 aliphatic rings. The normalized spacial score (nSPS) is 15.4. The molecule has 0 atom stereocenters. The van der Waals surface area contributed by atoms with Gasteiger partial charge in [-0.15, -0.1) is 0 Å². The first-order valence-electron chi connectivity index (χ1n) is 9.53. The van der Waals surface area contributed by atoms with E-state index >= 15 is 0 Å². The summed E-state index contributed by atoms with van der Waals surface area (Å²) in [4.78, 5) is 26.4. The molecular formula is C21H25N5O. The van der Waals surface area contributed by atoms with Crippen molar-refractivity contribution >= 4 is 16.9 Å². The average Bonchev–Trinajstić information content (AvgIpc) is 2.71. The Morgan fingerprint density at radius 3 is 2.52 bits per heavy atom. The molecule has 3 aromatic rings. The van der Waals surface area contributed by atoms with Crippen molar-refractivity contribution in [3.05, 3.63) is 64.2 Å². The lowest BCUT2D eigenvalue weighted by atomic mass is 10.2. The van der Waals surface area contributed by atoms with Crippen molar-refractivity contribution in [1.29, 1.82) is 0 Å². The Balaban J connectivity index is 1.51. The molecule has 1 fully saturated rings. The Bertz CT molecular complexity index is 991. The van der Waals surface area contributed by atoms with Crippen LogP contribution in [-0.4, -0.2) is 45.6 Å². The summed E-state index contributed by atoms with van der Waals surface area (Å²) >= 11 is 0. The van der Waals surface area contributed by atoms with Crippen LogP contribution in [0.2, 0.25) is 0 Å². The second kappa shape index (κ2) is 7.48. The molecule has 0 bridgehead atoms. The van der Waals surface area contributed by atoms with Crippen molar-refractivity contribution in [3.8, 4) is 0 Å². The smallest absolute Gasteiger partial charge is 0.261 e. The number of aryl methyl sites for hydroxylation is 2. The fraction of sp³-hybridized carbons (Fsp3) is 0.381. The zero-order valence-corrected chi connectivity index (χ0v) is 15.9. The molecule has 0 radical (unpaired) electrons. The van der Waals surface area contributed by atoms with E-state index in [2.05, 4.69) is 45.1 Å². The third-order valence-corrected chi connectivity index (χ3v) is 5.24. The lowest BCUT2D eigenvalue weighted by molar-refractivity contribution is 0.249. The van der Waals surface area contributed by atoms with Crippen LogP contribution < -0.4 is 10.5 Å². The summed E-state index contributed by atoms with van der Waals surface area (Å²) in [7, 11) is 0. The highest BCUT2D eigenvalue weighted by molar-refractivity contribution is 5.80. The van der Waals surface area contributed by atoms with E-state index in [1.807, 2.05) is 20.0 Å². The molecule has 1 saturated heterocycles. The van der Waals surface area contributed by atoms with Gasteiger partial charge in [-0.25, -0.2) is 9.97 Å². The Labute approximate surface area is 159 Å². The topological polar surface area (TPSA) is 54.3 Å². The molecule has 0 amide bonds. The van der Waals surface area contributed by atoms with E-state index in [0.717, 1.165) is 49.8 Å². The first kappa shape index (κ1) is 17.7. The number of benzene rings is 1. The highest BCUT2D eigenvalue weighted by Gasteiger charge is 2.20. The van der Waals surface area contributed by atoms with Gasteiger partial charge < -0.3 is 9.47 Å². The van der Waals surface area contributed by atoms with Crippen LogP contribution in [-0.2, 0) is 13.1 Å². The summed E-state index contributed by atoms with van der Waals surface area (Å²) in [5.74, 6) is 0.721. The summed E-state index contributed by atoms with van der Waals surface area (Å²) in [6.45, 7) is 9.34. The quantitative estimate of drug-likeness (QED) is 0.713. The Morgan fingerprint density at radius 1 is 1.07 bits per heavy atom. The van der Waals surface area contributed by atoms with Gasteiger partial charge in [-0.1, -0.05) is 30.3 Å². The van der Waals surface area contributed by atoms with Gasteiger partial charge in [-0.2, -0.15) is 0 Å². The van der Waals surface area contributed by atoms with E-state index < -0.39 is 0 Å². The Morgan fingerprint density at radius 2 is 1.81 bits per heavy atom. The molecule has 27 heavy (non-hydrogen) atoms. The number of anilines is 1. The zero-order chi connectivity index (χ0) is 18.8. The number of hydrogen-bond acceptors (Lipinski definition) is 5. The molecule has 4 rings (SSSR count). The Kier molecular flexibility index (Phi) is 4.90. The van der Waals surface area contributed by atoms with Gasteiger partial charge in [0.05, 0.1) is 10.9 Å². The fourth-order valence-electron chi connectivity index (χ4n) is 3.67. The minimum Gasteiger partial charge on any atom is -0.338 e. The number of aromatic nitrogens is 3.